The summed E-state index contributed by atoms with van der Waals surface area (Å²) in [6.45, 7) is 20.3. The Morgan fingerprint density at radius 1 is 0.694 bits per heavy atom. The summed E-state index contributed by atoms with van der Waals surface area (Å²) in [4.78, 5) is 9.82. The highest BCUT2D eigenvalue weighted by Crippen LogP contribution is 2.36. The Bertz CT molecular complexity index is 1080. The van der Waals surface area contributed by atoms with Gasteiger partial charge in [0.2, 0.25) is 0 Å². The number of nitrogens with zero attached hydrogens (tertiary/aromatic N) is 2. The van der Waals surface area contributed by atoms with Gasteiger partial charge in [-0.05, 0) is 59.1 Å². The smallest absolute Gasteiger partial charge is 0.128 e. The second-order valence-electron chi connectivity index (χ2n) is 11.9. The van der Waals surface area contributed by atoms with E-state index in [1.807, 2.05) is 24.3 Å². The van der Waals surface area contributed by atoms with Gasteiger partial charge in [-0.1, -0.05) is 79.7 Å². The minimum atomic E-state index is -0.197. The molecule has 0 aliphatic heterocycles. The van der Waals surface area contributed by atoms with Gasteiger partial charge in [0.1, 0.15) is 11.5 Å². The minimum absolute atomic E-state index is 0.0201. The van der Waals surface area contributed by atoms with Gasteiger partial charge < -0.3 is 10.2 Å². The summed E-state index contributed by atoms with van der Waals surface area (Å²) in [5.41, 5.74) is 4.70. The van der Waals surface area contributed by atoms with Crippen LogP contribution in [0.1, 0.15) is 101 Å². The molecule has 1 aliphatic rings. The molecule has 0 spiro atoms. The van der Waals surface area contributed by atoms with Crippen LogP contribution in [0.25, 0.3) is 12.2 Å². The van der Waals surface area contributed by atoms with Gasteiger partial charge in [-0.2, -0.15) is 0 Å². The number of aromatic hydroxyl groups is 2. The maximum atomic E-state index is 11.0. The molecule has 2 N–H and O–H groups in total. The second kappa shape index (κ2) is 10.9. The molecule has 0 bridgehead atoms. The molecule has 2 aromatic carbocycles. The Morgan fingerprint density at radius 3 is 1.36 bits per heavy atom. The molecule has 0 amide bonds. The van der Waals surface area contributed by atoms with Gasteiger partial charge in [0, 0.05) is 34.7 Å². The van der Waals surface area contributed by atoms with Crippen molar-refractivity contribution in [1.29, 1.82) is 0 Å². The molecule has 2 aromatic rings. The number of phenolic OH excluding ortho intramolecular Hbond substituents is 2. The van der Waals surface area contributed by atoms with Crippen LogP contribution in [0.15, 0.2) is 47.4 Å². The first-order valence-corrected chi connectivity index (χ1v) is 12.9. The van der Waals surface area contributed by atoms with Crippen molar-refractivity contribution < 1.29 is 10.2 Å². The van der Waals surface area contributed by atoms with E-state index in [9.17, 15) is 10.2 Å². The molecule has 192 valence electrons. The van der Waals surface area contributed by atoms with E-state index in [-0.39, 0.29) is 34.4 Å². The molecule has 0 saturated heterocycles. The van der Waals surface area contributed by atoms with E-state index in [4.69, 9.17) is 9.98 Å². The van der Waals surface area contributed by atoms with Gasteiger partial charge in [-0.3, -0.25) is 9.98 Å². The van der Waals surface area contributed by atoms with E-state index in [0.717, 1.165) is 47.9 Å². The Hall–Kier alpha value is -3.14. The first kappa shape index (κ1) is 27.4. The van der Waals surface area contributed by atoms with E-state index < -0.39 is 0 Å². The summed E-state index contributed by atoms with van der Waals surface area (Å²) in [6.07, 6.45) is 11.3. The third-order valence-electron chi connectivity index (χ3n) is 6.92. The highest BCUT2D eigenvalue weighted by atomic mass is 16.3. The van der Waals surface area contributed by atoms with Crippen LogP contribution in [-0.4, -0.2) is 34.7 Å². The molecule has 0 radical (unpaired) electrons. The van der Waals surface area contributed by atoms with Crippen molar-refractivity contribution in [3.8, 4) is 11.5 Å². The van der Waals surface area contributed by atoms with Crippen molar-refractivity contribution in [2.45, 2.75) is 90.1 Å². The predicted octanol–water partition coefficient (Wildman–Crippen LogP) is 7.83. The summed E-state index contributed by atoms with van der Waals surface area (Å²) in [5.74, 6) is 0.544. The molecule has 4 heteroatoms. The molecule has 0 unspecified atom stereocenters. The molecule has 1 saturated carbocycles. The van der Waals surface area contributed by atoms with Gasteiger partial charge in [-0.15, -0.1) is 0 Å². The Balaban J connectivity index is 1.93. The average molecular weight is 487 g/mol. The summed E-state index contributed by atoms with van der Waals surface area (Å²) in [7, 11) is 0. The lowest BCUT2D eigenvalue weighted by atomic mass is 9.84. The SMILES string of the molecule is C=Cc1cc(C=N[C@@H]2CCCC[C@H]2N=Cc2cc(C=C)cc(C(C)(C)C)c2O)c(O)c(C(C)(C)C)c1. The van der Waals surface area contributed by atoms with Gasteiger partial charge in [-0.25, -0.2) is 0 Å². The van der Waals surface area contributed by atoms with Crippen LogP contribution in [0.2, 0.25) is 0 Å². The molecule has 36 heavy (non-hydrogen) atoms. The van der Waals surface area contributed by atoms with E-state index in [2.05, 4.69) is 54.7 Å². The first-order chi connectivity index (χ1) is 16.8. The zero-order chi connectivity index (χ0) is 26.7. The summed E-state index contributed by atoms with van der Waals surface area (Å²) in [5, 5.41) is 21.9. The lowest BCUT2D eigenvalue weighted by Crippen LogP contribution is -2.27. The highest BCUT2D eigenvalue weighted by Gasteiger charge is 2.25. The van der Waals surface area contributed by atoms with Gasteiger partial charge in [0.15, 0.2) is 0 Å². The third-order valence-corrected chi connectivity index (χ3v) is 6.92. The quantitative estimate of drug-likeness (QED) is 0.409. The Kier molecular flexibility index (Phi) is 8.28. The molecule has 0 aromatic heterocycles. The van der Waals surface area contributed by atoms with Crippen molar-refractivity contribution in [3.05, 3.63) is 70.8 Å². The van der Waals surface area contributed by atoms with Gasteiger partial charge in [0.25, 0.3) is 0 Å². The van der Waals surface area contributed by atoms with Crippen LogP contribution in [-0.2, 0) is 10.8 Å². The van der Waals surface area contributed by atoms with E-state index in [1.54, 1.807) is 24.6 Å². The molecule has 0 heterocycles. The molecule has 1 aliphatic carbocycles. The number of aliphatic imine (C=N–C) groups is 2. The van der Waals surface area contributed by atoms with Crippen LogP contribution < -0.4 is 0 Å². The summed E-state index contributed by atoms with van der Waals surface area (Å²) in [6, 6.07) is 7.87. The fourth-order valence-corrected chi connectivity index (χ4v) is 4.73. The molecule has 3 rings (SSSR count). The van der Waals surface area contributed by atoms with Crippen molar-refractivity contribution >= 4 is 24.6 Å². The fourth-order valence-electron chi connectivity index (χ4n) is 4.73. The molecule has 1 fully saturated rings. The van der Waals surface area contributed by atoms with Crippen molar-refractivity contribution in [1.82, 2.24) is 0 Å². The van der Waals surface area contributed by atoms with Crippen molar-refractivity contribution in [3.63, 3.8) is 0 Å². The zero-order valence-corrected chi connectivity index (χ0v) is 22.8. The normalized spacial score (nSPS) is 19.2. The zero-order valence-electron chi connectivity index (χ0n) is 22.8. The molecule has 4 nitrogen and oxygen atoms in total. The number of hydrogen-bond acceptors (Lipinski definition) is 4. The van der Waals surface area contributed by atoms with Crippen LogP contribution in [0.5, 0.6) is 11.5 Å². The lowest BCUT2D eigenvalue weighted by Gasteiger charge is -2.26. The minimum Gasteiger partial charge on any atom is -0.507 e. The third kappa shape index (κ3) is 6.34. The molecule has 2 atom stereocenters. The number of benzene rings is 2. The van der Waals surface area contributed by atoms with Crippen LogP contribution >= 0.6 is 0 Å². The number of phenols is 2. The predicted molar refractivity (Wildman–Crippen MR) is 155 cm³/mol. The van der Waals surface area contributed by atoms with E-state index in [1.165, 1.54) is 0 Å². The largest absolute Gasteiger partial charge is 0.507 e. The van der Waals surface area contributed by atoms with Gasteiger partial charge >= 0.3 is 0 Å². The van der Waals surface area contributed by atoms with E-state index in [0.29, 0.717) is 11.1 Å². The van der Waals surface area contributed by atoms with Crippen molar-refractivity contribution in [2.75, 3.05) is 0 Å². The first-order valence-electron chi connectivity index (χ1n) is 12.9. The van der Waals surface area contributed by atoms with Crippen LogP contribution in [0.3, 0.4) is 0 Å². The highest BCUT2D eigenvalue weighted by molar-refractivity contribution is 5.87. The average Bonchev–Trinajstić information content (AvgIpc) is 2.81. The van der Waals surface area contributed by atoms with E-state index >= 15 is 0 Å². The lowest BCUT2D eigenvalue weighted by molar-refractivity contribution is 0.390. The Labute approximate surface area is 217 Å². The Morgan fingerprint density at radius 2 is 1.06 bits per heavy atom. The molecular formula is C32H42N2O2. The number of rotatable bonds is 6. The van der Waals surface area contributed by atoms with Crippen molar-refractivity contribution in [2.24, 2.45) is 9.98 Å². The topological polar surface area (TPSA) is 65.2 Å². The van der Waals surface area contributed by atoms with Crippen LogP contribution in [0, 0.1) is 0 Å². The fraction of sp³-hybridized carbons (Fsp3) is 0.438. The standard InChI is InChI=1S/C32H42N2O2/c1-9-21-15-23(29(35)25(17-21)31(3,4)5)19-33-27-13-11-12-14-28(27)34-20-24-16-22(10-2)18-26(30(24)36)32(6,7)8/h9-10,15-20,27-28,35-36H,1-2,11-14H2,3-8H3/t27-,28-/m1/s1. The van der Waals surface area contributed by atoms with Gasteiger partial charge in [0.05, 0.1) is 12.1 Å². The monoisotopic (exact) mass is 486 g/mol. The maximum Gasteiger partial charge on any atom is 0.128 e. The molecular weight excluding hydrogens is 444 g/mol. The summed E-state index contributed by atoms with van der Waals surface area (Å²) < 4.78 is 0. The second-order valence-corrected chi connectivity index (χ2v) is 11.9. The number of hydrogen-bond donors (Lipinski definition) is 2. The van der Waals surface area contributed by atoms with Crippen LogP contribution in [0.4, 0.5) is 0 Å². The summed E-state index contributed by atoms with van der Waals surface area (Å²) >= 11 is 0. The maximum absolute atomic E-state index is 11.0.